The number of likely N-dealkylation sites (tertiary alicyclic amines) is 1. The van der Waals surface area contributed by atoms with Crippen LogP contribution in [0.25, 0.3) is 0 Å². The molecule has 1 aromatic rings. The first-order valence-electron chi connectivity index (χ1n) is 10.2. The number of halogens is 3. The van der Waals surface area contributed by atoms with Gasteiger partial charge < -0.3 is 29.6 Å². The molecule has 0 atom stereocenters. The zero-order valence-corrected chi connectivity index (χ0v) is 18.0. The molecule has 1 aromatic carbocycles. The minimum atomic E-state index is -4.39. The van der Waals surface area contributed by atoms with E-state index in [2.05, 4.69) is 4.90 Å². The van der Waals surface area contributed by atoms with Gasteiger partial charge in [0.1, 0.15) is 11.9 Å². The molecule has 12 heteroatoms. The van der Waals surface area contributed by atoms with E-state index in [9.17, 15) is 27.6 Å². The fourth-order valence-electron chi connectivity index (χ4n) is 3.19. The van der Waals surface area contributed by atoms with E-state index in [0.29, 0.717) is 31.8 Å². The average molecular weight is 473 g/mol. The van der Waals surface area contributed by atoms with Crippen LogP contribution in [0.3, 0.4) is 0 Å². The van der Waals surface area contributed by atoms with Gasteiger partial charge in [0.05, 0.1) is 18.7 Å². The number of rotatable bonds is 4. The Labute approximate surface area is 188 Å². The molecule has 2 aliphatic heterocycles. The lowest BCUT2D eigenvalue weighted by Gasteiger charge is -2.41. The predicted octanol–water partition coefficient (Wildman–Crippen LogP) is 2.24. The van der Waals surface area contributed by atoms with Crippen LogP contribution >= 0.6 is 0 Å². The number of carbonyl (C=O) groups is 3. The molecule has 33 heavy (non-hydrogen) atoms. The van der Waals surface area contributed by atoms with Crippen LogP contribution in [-0.2, 0) is 15.8 Å². The Hall–Kier alpha value is -3.28. The summed E-state index contributed by atoms with van der Waals surface area (Å²) in [4.78, 5) is 37.3. The number of carboxylic acids is 2. The monoisotopic (exact) mass is 473 g/mol. The number of hydrogen-bond donors (Lipinski definition) is 2. The van der Waals surface area contributed by atoms with Crippen LogP contribution in [0.15, 0.2) is 36.4 Å². The summed E-state index contributed by atoms with van der Waals surface area (Å²) in [6.07, 6.45) is -2.59. The third kappa shape index (κ3) is 8.64. The maximum atomic E-state index is 12.7. The Morgan fingerprint density at radius 1 is 1.00 bits per heavy atom. The lowest BCUT2D eigenvalue weighted by molar-refractivity contribution is -0.137. The highest BCUT2D eigenvalue weighted by Gasteiger charge is 2.36. The van der Waals surface area contributed by atoms with Crippen molar-refractivity contribution in [3.63, 3.8) is 0 Å². The molecule has 9 nitrogen and oxygen atoms in total. The van der Waals surface area contributed by atoms with Crippen LogP contribution in [0.1, 0.15) is 12.0 Å². The zero-order valence-electron chi connectivity index (χ0n) is 18.0. The van der Waals surface area contributed by atoms with Gasteiger partial charge in [0.2, 0.25) is 0 Å². The van der Waals surface area contributed by atoms with Gasteiger partial charge in [0, 0.05) is 31.8 Å². The summed E-state index contributed by atoms with van der Waals surface area (Å²) < 4.78 is 43.7. The number of carbonyl (C=O) groups excluding carboxylic acids is 1. The summed E-state index contributed by atoms with van der Waals surface area (Å²) in [5.74, 6) is -2.33. The first-order valence-corrected chi connectivity index (χ1v) is 10.2. The second-order valence-electron chi connectivity index (χ2n) is 7.61. The molecule has 2 aliphatic rings. The van der Waals surface area contributed by atoms with Gasteiger partial charge in [-0.05, 0) is 38.2 Å². The largest absolute Gasteiger partial charge is 0.487 e. The summed E-state index contributed by atoms with van der Waals surface area (Å²) >= 11 is 0. The highest BCUT2D eigenvalue weighted by atomic mass is 19.4. The van der Waals surface area contributed by atoms with Crippen LogP contribution in [0.5, 0.6) is 5.75 Å². The normalized spacial score (nSPS) is 17.6. The maximum absolute atomic E-state index is 12.7. The second kappa shape index (κ2) is 11.5. The van der Waals surface area contributed by atoms with Crippen molar-refractivity contribution >= 4 is 18.0 Å². The van der Waals surface area contributed by atoms with Crippen LogP contribution in [0.2, 0.25) is 0 Å². The van der Waals surface area contributed by atoms with E-state index in [1.807, 2.05) is 11.9 Å². The van der Waals surface area contributed by atoms with E-state index in [-0.39, 0.29) is 17.9 Å². The number of alkyl halides is 3. The number of nitrogens with zero attached hydrogens (tertiary/aromatic N) is 3. The van der Waals surface area contributed by atoms with E-state index < -0.39 is 23.7 Å². The molecule has 182 valence electrons. The van der Waals surface area contributed by atoms with E-state index in [1.165, 1.54) is 12.1 Å². The summed E-state index contributed by atoms with van der Waals surface area (Å²) in [7, 11) is 2.04. The zero-order chi connectivity index (χ0) is 24.6. The number of benzene rings is 1. The first-order chi connectivity index (χ1) is 15.5. The lowest BCUT2D eigenvalue weighted by Crippen LogP contribution is -2.59. The van der Waals surface area contributed by atoms with Crippen LogP contribution in [0, 0.1) is 0 Å². The molecule has 2 amide bonds. The molecule has 2 N–H and O–H groups in total. The topological polar surface area (TPSA) is 111 Å². The lowest BCUT2D eigenvalue weighted by atomic mass is 10.1. The summed E-state index contributed by atoms with van der Waals surface area (Å²) in [5, 5.41) is 15.6. The number of urea groups is 1. The van der Waals surface area contributed by atoms with Gasteiger partial charge in [-0.2, -0.15) is 13.2 Å². The van der Waals surface area contributed by atoms with E-state index in [1.54, 1.807) is 4.90 Å². The molecule has 0 bridgehead atoms. The fourth-order valence-corrected chi connectivity index (χ4v) is 3.19. The molecule has 3 rings (SSSR count). The van der Waals surface area contributed by atoms with Crippen molar-refractivity contribution in [2.24, 2.45) is 0 Å². The Kier molecular flexibility index (Phi) is 9.09. The number of likely N-dealkylation sites (N-methyl/N-ethyl adjacent to an activating group) is 1. The van der Waals surface area contributed by atoms with Gasteiger partial charge in [0.15, 0.2) is 0 Å². The minimum absolute atomic E-state index is 0.0146. The summed E-state index contributed by atoms with van der Waals surface area (Å²) in [6, 6.07) is 4.83. The van der Waals surface area contributed by atoms with Crippen molar-refractivity contribution < 1.29 is 42.5 Å². The number of ether oxygens (including phenoxy) is 1. The fraction of sp³-hybridized carbons (Fsp3) is 0.476. The highest BCUT2D eigenvalue weighted by molar-refractivity contribution is 5.89. The maximum Gasteiger partial charge on any atom is 0.416 e. The number of amides is 2. The minimum Gasteiger partial charge on any atom is -0.487 e. The van der Waals surface area contributed by atoms with Crippen molar-refractivity contribution in [1.82, 2.24) is 14.7 Å². The van der Waals surface area contributed by atoms with E-state index in [4.69, 9.17) is 14.9 Å². The van der Waals surface area contributed by atoms with Crippen molar-refractivity contribution in [3.8, 4) is 5.75 Å². The Morgan fingerprint density at radius 2 is 1.64 bits per heavy atom. The van der Waals surface area contributed by atoms with Gasteiger partial charge in [0.25, 0.3) is 0 Å². The number of aliphatic carboxylic acids is 2. The average Bonchev–Trinajstić information content (AvgIpc) is 2.93. The van der Waals surface area contributed by atoms with Crippen molar-refractivity contribution in [1.29, 1.82) is 0 Å². The Balaban J connectivity index is 0.000000414. The van der Waals surface area contributed by atoms with Crippen molar-refractivity contribution in [3.05, 3.63) is 42.0 Å². The van der Waals surface area contributed by atoms with E-state index >= 15 is 0 Å². The van der Waals surface area contributed by atoms with Gasteiger partial charge in [-0.15, -0.1) is 0 Å². The molecule has 2 saturated heterocycles. The summed E-state index contributed by atoms with van der Waals surface area (Å²) in [5.41, 5.74) is -0.731. The molecule has 0 radical (unpaired) electrons. The smallest absolute Gasteiger partial charge is 0.416 e. The molecule has 0 saturated carbocycles. The SMILES string of the molecule is CN1CCCN(C(=O)N2CC(Oc3cccc(C(F)(F)F)c3)C2)CC1.O=C(O)/C=C/C(=O)O. The Morgan fingerprint density at radius 3 is 2.21 bits per heavy atom. The third-order valence-electron chi connectivity index (χ3n) is 4.94. The predicted molar refractivity (Wildman–Crippen MR) is 111 cm³/mol. The van der Waals surface area contributed by atoms with Crippen LogP contribution < -0.4 is 4.74 Å². The highest BCUT2D eigenvalue weighted by Crippen LogP contribution is 2.32. The standard InChI is InChI=1S/C17H22F3N3O2.C4H4O4/c1-21-6-3-7-22(9-8-21)16(24)23-11-15(12-23)25-14-5-2-4-13(10-14)17(18,19)20;5-3(6)1-2-4(7)8/h2,4-5,10,15H,3,6-9,11-12H2,1H3;1-2H,(H,5,6)(H,7,8)/b;2-1+. The molecule has 0 aromatic heterocycles. The van der Waals surface area contributed by atoms with Gasteiger partial charge in [-0.25, -0.2) is 14.4 Å². The van der Waals surface area contributed by atoms with E-state index in [0.717, 1.165) is 38.2 Å². The molecular formula is C21H26F3N3O6. The summed E-state index contributed by atoms with van der Waals surface area (Å²) in [6.45, 7) is 4.07. The Bertz CT molecular complexity index is 855. The number of hydrogen-bond acceptors (Lipinski definition) is 5. The van der Waals surface area contributed by atoms with Crippen LogP contribution in [-0.4, -0.2) is 95.3 Å². The molecule has 0 spiro atoms. The van der Waals surface area contributed by atoms with Crippen LogP contribution in [0.4, 0.5) is 18.0 Å². The molecule has 0 aliphatic carbocycles. The molecule has 0 unspecified atom stereocenters. The third-order valence-corrected chi connectivity index (χ3v) is 4.94. The van der Waals surface area contributed by atoms with Crippen molar-refractivity contribution in [2.75, 3.05) is 46.3 Å². The first kappa shape index (κ1) is 26.0. The van der Waals surface area contributed by atoms with Gasteiger partial charge >= 0.3 is 24.1 Å². The van der Waals surface area contributed by atoms with Gasteiger partial charge in [-0.3, -0.25) is 0 Å². The molecule has 2 fully saturated rings. The van der Waals surface area contributed by atoms with Gasteiger partial charge in [-0.1, -0.05) is 6.07 Å². The number of carboxylic acid groups (broad SMARTS) is 2. The van der Waals surface area contributed by atoms with Crippen molar-refractivity contribution in [2.45, 2.75) is 18.7 Å². The molecular weight excluding hydrogens is 447 g/mol. The molecule has 2 heterocycles. The second-order valence-corrected chi connectivity index (χ2v) is 7.61. The quantitative estimate of drug-likeness (QED) is 0.646.